The van der Waals surface area contributed by atoms with Gasteiger partial charge in [-0.2, -0.15) is 0 Å². The van der Waals surface area contributed by atoms with E-state index in [-0.39, 0.29) is 11.8 Å². The van der Waals surface area contributed by atoms with Crippen molar-refractivity contribution in [3.05, 3.63) is 68.3 Å². The summed E-state index contributed by atoms with van der Waals surface area (Å²) in [5, 5.41) is 0.549. The second kappa shape index (κ2) is 7.53. The molecule has 0 bridgehead atoms. The first-order valence-electron chi connectivity index (χ1n) is 7.65. The fourth-order valence-electron chi connectivity index (χ4n) is 2.72. The highest BCUT2D eigenvalue weighted by molar-refractivity contribution is 14.1. The largest absolute Gasteiger partial charge is 0.335 e. The first-order valence-corrected chi connectivity index (χ1v) is 9.10. The van der Waals surface area contributed by atoms with Gasteiger partial charge < -0.3 is 9.80 Å². The number of carbonyl (C=O) groups is 2. The van der Waals surface area contributed by atoms with Crippen LogP contribution in [0.1, 0.15) is 20.7 Å². The Hall–Kier alpha value is -1.60. The zero-order valence-electron chi connectivity index (χ0n) is 12.9. The number of carbonyl (C=O) groups excluding carboxylic acids is 2. The van der Waals surface area contributed by atoms with Crippen LogP contribution < -0.4 is 0 Å². The second-order valence-corrected chi connectivity index (χ2v) is 7.17. The van der Waals surface area contributed by atoms with Crippen molar-refractivity contribution in [2.24, 2.45) is 0 Å². The molecule has 1 aliphatic heterocycles. The third-order valence-corrected chi connectivity index (χ3v) is 5.21. The number of benzene rings is 2. The summed E-state index contributed by atoms with van der Waals surface area (Å²) in [4.78, 5) is 28.7. The SMILES string of the molecule is O=C(c1cccc(Cl)c1)N1CCN(C(=O)c2ccccc2I)CC1. The molecule has 0 spiro atoms. The van der Waals surface area contributed by atoms with Crippen molar-refractivity contribution in [1.82, 2.24) is 9.80 Å². The molecule has 24 heavy (non-hydrogen) atoms. The van der Waals surface area contributed by atoms with Gasteiger partial charge in [0.1, 0.15) is 0 Å². The highest BCUT2D eigenvalue weighted by Crippen LogP contribution is 2.17. The van der Waals surface area contributed by atoms with Crippen LogP contribution in [0.3, 0.4) is 0 Å². The van der Waals surface area contributed by atoms with Crippen LogP contribution in [-0.4, -0.2) is 47.8 Å². The standard InChI is InChI=1S/C18H16ClIN2O2/c19-14-5-3-4-13(12-14)17(23)21-8-10-22(11-9-21)18(24)15-6-1-2-7-16(15)20/h1-7,12H,8-11H2. The van der Waals surface area contributed by atoms with Crippen LogP contribution in [0.5, 0.6) is 0 Å². The molecule has 6 heteroatoms. The first kappa shape index (κ1) is 17.2. The van der Waals surface area contributed by atoms with Gasteiger partial charge in [-0.1, -0.05) is 29.8 Å². The molecular weight excluding hydrogens is 439 g/mol. The van der Waals surface area contributed by atoms with E-state index >= 15 is 0 Å². The quantitative estimate of drug-likeness (QED) is 0.651. The van der Waals surface area contributed by atoms with E-state index in [1.807, 2.05) is 24.3 Å². The molecule has 1 fully saturated rings. The molecule has 124 valence electrons. The Kier molecular flexibility index (Phi) is 5.40. The number of amides is 2. The fourth-order valence-corrected chi connectivity index (χ4v) is 3.53. The molecular formula is C18H16ClIN2O2. The molecule has 0 saturated carbocycles. The predicted octanol–water partition coefficient (Wildman–Crippen LogP) is 3.54. The molecule has 0 radical (unpaired) electrons. The normalized spacial score (nSPS) is 14.6. The van der Waals surface area contributed by atoms with E-state index in [1.54, 1.807) is 34.1 Å². The van der Waals surface area contributed by atoms with Crippen LogP contribution in [0.2, 0.25) is 5.02 Å². The van der Waals surface area contributed by atoms with E-state index in [9.17, 15) is 9.59 Å². The topological polar surface area (TPSA) is 40.6 Å². The van der Waals surface area contributed by atoms with Crippen LogP contribution in [0.25, 0.3) is 0 Å². The average Bonchev–Trinajstić information content (AvgIpc) is 2.61. The van der Waals surface area contributed by atoms with Crippen molar-refractivity contribution < 1.29 is 9.59 Å². The van der Waals surface area contributed by atoms with Crippen LogP contribution in [0.15, 0.2) is 48.5 Å². The molecule has 0 unspecified atom stereocenters. The zero-order valence-corrected chi connectivity index (χ0v) is 15.8. The molecule has 1 aliphatic rings. The van der Waals surface area contributed by atoms with E-state index in [1.165, 1.54) is 0 Å². The Morgan fingerprint density at radius 2 is 1.50 bits per heavy atom. The molecule has 0 atom stereocenters. The minimum Gasteiger partial charge on any atom is -0.335 e. The van der Waals surface area contributed by atoms with Gasteiger partial charge in [-0.15, -0.1) is 0 Å². The van der Waals surface area contributed by atoms with Crippen LogP contribution >= 0.6 is 34.2 Å². The monoisotopic (exact) mass is 454 g/mol. The third kappa shape index (κ3) is 3.72. The Morgan fingerprint density at radius 1 is 0.875 bits per heavy atom. The molecule has 3 rings (SSSR count). The lowest BCUT2D eigenvalue weighted by Crippen LogP contribution is -2.50. The summed E-state index contributed by atoms with van der Waals surface area (Å²) in [6.45, 7) is 2.13. The Labute approximate surface area is 159 Å². The summed E-state index contributed by atoms with van der Waals surface area (Å²) in [6, 6.07) is 14.5. The maximum Gasteiger partial charge on any atom is 0.255 e. The van der Waals surface area contributed by atoms with Crippen molar-refractivity contribution in [2.75, 3.05) is 26.2 Å². The fraction of sp³-hybridized carbons (Fsp3) is 0.222. The predicted molar refractivity (Wildman–Crippen MR) is 102 cm³/mol. The van der Waals surface area contributed by atoms with E-state index in [2.05, 4.69) is 22.6 Å². The molecule has 4 nitrogen and oxygen atoms in total. The lowest BCUT2D eigenvalue weighted by atomic mass is 10.1. The van der Waals surface area contributed by atoms with Gasteiger partial charge in [0.15, 0.2) is 0 Å². The first-order chi connectivity index (χ1) is 11.6. The van der Waals surface area contributed by atoms with E-state index in [4.69, 9.17) is 11.6 Å². The molecule has 2 aromatic carbocycles. The van der Waals surface area contributed by atoms with E-state index in [0.717, 1.165) is 3.57 Å². The van der Waals surface area contributed by atoms with Crippen molar-refractivity contribution in [1.29, 1.82) is 0 Å². The highest BCUT2D eigenvalue weighted by Gasteiger charge is 2.26. The number of hydrogen-bond acceptors (Lipinski definition) is 2. The number of halogens is 2. The number of hydrogen-bond donors (Lipinski definition) is 0. The maximum absolute atomic E-state index is 12.6. The van der Waals surface area contributed by atoms with Crippen LogP contribution in [0, 0.1) is 3.57 Å². The Morgan fingerprint density at radius 3 is 2.12 bits per heavy atom. The van der Waals surface area contributed by atoms with Crippen molar-refractivity contribution >= 4 is 46.0 Å². The molecule has 2 aromatic rings. The Balaban J connectivity index is 1.65. The van der Waals surface area contributed by atoms with Gasteiger partial charge in [0.25, 0.3) is 11.8 Å². The highest BCUT2D eigenvalue weighted by atomic mass is 127. The van der Waals surface area contributed by atoms with E-state index in [0.29, 0.717) is 42.3 Å². The van der Waals surface area contributed by atoms with Crippen LogP contribution in [-0.2, 0) is 0 Å². The van der Waals surface area contributed by atoms with Gasteiger partial charge in [0, 0.05) is 40.3 Å². The average molecular weight is 455 g/mol. The van der Waals surface area contributed by atoms with Gasteiger partial charge in [-0.25, -0.2) is 0 Å². The van der Waals surface area contributed by atoms with Gasteiger partial charge in [0.05, 0.1) is 5.56 Å². The smallest absolute Gasteiger partial charge is 0.255 e. The summed E-state index contributed by atoms with van der Waals surface area (Å²) >= 11 is 8.12. The number of rotatable bonds is 2. The molecule has 0 N–H and O–H groups in total. The van der Waals surface area contributed by atoms with Gasteiger partial charge >= 0.3 is 0 Å². The minimum absolute atomic E-state index is 0.0230. The lowest BCUT2D eigenvalue weighted by Gasteiger charge is -2.35. The van der Waals surface area contributed by atoms with Crippen molar-refractivity contribution in [3.8, 4) is 0 Å². The molecule has 0 aromatic heterocycles. The molecule has 2 amide bonds. The van der Waals surface area contributed by atoms with Gasteiger partial charge in [0.2, 0.25) is 0 Å². The summed E-state index contributed by atoms with van der Waals surface area (Å²) < 4.78 is 0.942. The molecule has 1 saturated heterocycles. The number of nitrogens with zero attached hydrogens (tertiary/aromatic N) is 2. The summed E-state index contributed by atoms with van der Waals surface area (Å²) in [5.41, 5.74) is 1.30. The van der Waals surface area contributed by atoms with Gasteiger partial charge in [-0.3, -0.25) is 9.59 Å². The number of piperazine rings is 1. The second-order valence-electron chi connectivity index (χ2n) is 5.57. The Bertz CT molecular complexity index is 773. The summed E-state index contributed by atoms with van der Waals surface area (Å²) in [7, 11) is 0. The lowest BCUT2D eigenvalue weighted by molar-refractivity contribution is 0.0535. The van der Waals surface area contributed by atoms with Crippen LogP contribution in [0.4, 0.5) is 0 Å². The maximum atomic E-state index is 12.6. The minimum atomic E-state index is -0.0427. The van der Waals surface area contributed by atoms with Gasteiger partial charge in [-0.05, 0) is 52.9 Å². The van der Waals surface area contributed by atoms with Crippen molar-refractivity contribution in [3.63, 3.8) is 0 Å². The zero-order chi connectivity index (χ0) is 17.1. The third-order valence-electron chi connectivity index (χ3n) is 4.03. The summed E-state index contributed by atoms with van der Waals surface area (Å²) in [6.07, 6.45) is 0. The van der Waals surface area contributed by atoms with E-state index < -0.39 is 0 Å². The molecule has 0 aliphatic carbocycles. The van der Waals surface area contributed by atoms with Crippen molar-refractivity contribution in [2.45, 2.75) is 0 Å². The summed E-state index contributed by atoms with van der Waals surface area (Å²) in [5.74, 6) is -0.0197. The molecule has 1 heterocycles.